The number of methoxy groups -OCH3 is 1. The molecule has 0 aliphatic heterocycles. The van der Waals surface area contributed by atoms with E-state index in [9.17, 15) is 9.18 Å². The Morgan fingerprint density at radius 1 is 1.53 bits per heavy atom. The van der Waals surface area contributed by atoms with E-state index in [1.165, 1.54) is 25.3 Å². The topological polar surface area (TPSA) is 52.3 Å². The number of ether oxygens (including phenoxy) is 1. The first-order chi connectivity index (χ1) is 7.04. The average Bonchev–Trinajstić information content (AvgIpc) is 2.20. The number of esters is 1. The summed E-state index contributed by atoms with van der Waals surface area (Å²) in [6, 6.07) is 3.03. The van der Waals surface area contributed by atoms with E-state index in [-0.39, 0.29) is 5.69 Å². The summed E-state index contributed by atoms with van der Waals surface area (Å²) in [5, 5.41) is 0. The van der Waals surface area contributed by atoms with Gasteiger partial charge in [-0.3, -0.25) is 0 Å². The minimum atomic E-state index is -0.503. The number of nitrogens with two attached hydrogens (primary N) is 1. The number of rotatable bonds is 2. The van der Waals surface area contributed by atoms with Crippen LogP contribution in [0.4, 0.5) is 10.1 Å². The van der Waals surface area contributed by atoms with Crippen LogP contribution >= 0.6 is 0 Å². The molecule has 0 aliphatic carbocycles. The van der Waals surface area contributed by atoms with Crippen molar-refractivity contribution in [2.24, 2.45) is 0 Å². The minimum absolute atomic E-state index is 0.0285. The van der Waals surface area contributed by atoms with E-state index >= 15 is 0 Å². The van der Waals surface area contributed by atoms with Gasteiger partial charge in [-0.1, -0.05) is 0 Å². The average molecular weight is 209 g/mol. The van der Waals surface area contributed by atoms with Gasteiger partial charge in [-0.05, 0) is 30.7 Å². The summed E-state index contributed by atoms with van der Waals surface area (Å²) in [7, 11) is 1.27. The van der Waals surface area contributed by atoms with Crippen LogP contribution in [0.1, 0.15) is 11.1 Å². The molecule has 0 aromatic heterocycles. The number of carbonyl (C=O) groups is 1. The predicted molar refractivity (Wildman–Crippen MR) is 56.6 cm³/mol. The molecule has 0 heterocycles. The molecule has 0 aliphatic rings. The molecule has 15 heavy (non-hydrogen) atoms. The lowest BCUT2D eigenvalue weighted by molar-refractivity contribution is -0.134. The largest absolute Gasteiger partial charge is 0.466 e. The predicted octanol–water partition coefficient (Wildman–Crippen LogP) is 1.90. The molecule has 3 nitrogen and oxygen atoms in total. The van der Waals surface area contributed by atoms with Crippen molar-refractivity contribution < 1.29 is 13.9 Å². The van der Waals surface area contributed by atoms with Crippen LogP contribution in [0.5, 0.6) is 0 Å². The Kier molecular flexibility index (Phi) is 3.44. The zero-order valence-corrected chi connectivity index (χ0v) is 8.58. The van der Waals surface area contributed by atoms with Crippen molar-refractivity contribution in [1.29, 1.82) is 0 Å². The first-order valence-electron chi connectivity index (χ1n) is 4.36. The molecule has 4 heteroatoms. The smallest absolute Gasteiger partial charge is 0.330 e. The van der Waals surface area contributed by atoms with E-state index < -0.39 is 11.8 Å². The summed E-state index contributed by atoms with van der Waals surface area (Å²) in [4.78, 5) is 10.8. The minimum Gasteiger partial charge on any atom is -0.466 e. The van der Waals surface area contributed by atoms with E-state index in [0.717, 1.165) is 5.56 Å². The van der Waals surface area contributed by atoms with Crippen molar-refractivity contribution >= 4 is 17.7 Å². The van der Waals surface area contributed by atoms with Gasteiger partial charge in [0.15, 0.2) is 0 Å². The lowest BCUT2D eigenvalue weighted by Crippen LogP contribution is -1.97. The first-order valence-corrected chi connectivity index (χ1v) is 4.36. The van der Waals surface area contributed by atoms with Crippen LogP contribution in [0.3, 0.4) is 0 Å². The SMILES string of the molecule is COC(=O)C=Cc1cc(C)cc(F)c1N. The normalized spacial score (nSPS) is 10.6. The number of hydrogen-bond acceptors (Lipinski definition) is 3. The van der Waals surface area contributed by atoms with Crippen LogP contribution in [-0.2, 0) is 9.53 Å². The zero-order valence-electron chi connectivity index (χ0n) is 8.58. The maximum absolute atomic E-state index is 13.2. The molecular formula is C11H12FNO2. The molecule has 1 rings (SSSR count). The Hall–Kier alpha value is -1.84. The third-order valence-electron chi connectivity index (χ3n) is 1.91. The van der Waals surface area contributed by atoms with Crippen LogP contribution < -0.4 is 5.73 Å². The molecular weight excluding hydrogens is 197 g/mol. The van der Waals surface area contributed by atoms with Gasteiger partial charge in [0.1, 0.15) is 5.82 Å². The molecule has 0 saturated heterocycles. The second-order valence-electron chi connectivity index (χ2n) is 3.11. The van der Waals surface area contributed by atoms with E-state index in [2.05, 4.69) is 4.74 Å². The fourth-order valence-electron chi connectivity index (χ4n) is 1.14. The molecule has 0 radical (unpaired) electrons. The van der Waals surface area contributed by atoms with Crippen LogP contribution in [0.25, 0.3) is 6.08 Å². The molecule has 0 bridgehead atoms. The number of aryl methyl sites for hydroxylation is 1. The Bertz CT molecular complexity index is 413. The Labute approximate surface area is 87.3 Å². The number of halogens is 1. The van der Waals surface area contributed by atoms with Crippen molar-refractivity contribution in [2.45, 2.75) is 6.92 Å². The van der Waals surface area contributed by atoms with Crippen LogP contribution in [-0.4, -0.2) is 13.1 Å². The van der Waals surface area contributed by atoms with Crippen LogP contribution in [0.2, 0.25) is 0 Å². The molecule has 1 aromatic rings. The quantitative estimate of drug-likeness (QED) is 0.460. The summed E-state index contributed by atoms with van der Waals surface area (Å²) in [5.41, 5.74) is 6.74. The molecule has 0 atom stereocenters. The number of nitrogen functional groups attached to an aromatic ring is 1. The first kappa shape index (κ1) is 11.2. The van der Waals surface area contributed by atoms with Crippen molar-refractivity contribution in [3.8, 4) is 0 Å². The molecule has 0 fully saturated rings. The maximum Gasteiger partial charge on any atom is 0.330 e. The molecule has 0 amide bonds. The molecule has 2 N–H and O–H groups in total. The fraction of sp³-hybridized carbons (Fsp3) is 0.182. The van der Waals surface area contributed by atoms with Gasteiger partial charge in [0.2, 0.25) is 0 Å². The Balaban J connectivity index is 3.04. The van der Waals surface area contributed by atoms with Crippen LogP contribution in [0.15, 0.2) is 18.2 Å². The second kappa shape index (κ2) is 4.59. The molecule has 1 aromatic carbocycles. The maximum atomic E-state index is 13.2. The highest BCUT2D eigenvalue weighted by Gasteiger charge is 2.04. The second-order valence-corrected chi connectivity index (χ2v) is 3.11. The van der Waals surface area contributed by atoms with Gasteiger partial charge in [0.25, 0.3) is 0 Å². The highest BCUT2D eigenvalue weighted by atomic mass is 19.1. The van der Waals surface area contributed by atoms with Gasteiger partial charge in [-0.2, -0.15) is 0 Å². The number of benzene rings is 1. The third kappa shape index (κ3) is 2.80. The van der Waals surface area contributed by atoms with Crippen molar-refractivity contribution in [3.05, 3.63) is 35.2 Å². The standard InChI is InChI=1S/C11H12FNO2/c1-7-5-8(3-4-10(14)15-2)11(13)9(12)6-7/h3-6H,13H2,1-2H3. The Morgan fingerprint density at radius 3 is 2.80 bits per heavy atom. The van der Waals surface area contributed by atoms with Crippen molar-refractivity contribution in [3.63, 3.8) is 0 Å². The Morgan fingerprint density at radius 2 is 2.20 bits per heavy atom. The van der Waals surface area contributed by atoms with Gasteiger partial charge < -0.3 is 10.5 Å². The van der Waals surface area contributed by atoms with Crippen molar-refractivity contribution in [1.82, 2.24) is 0 Å². The van der Waals surface area contributed by atoms with Crippen molar-refractivity contribution in [2.75, 3.05) is 12.8 Å². The third-order valence-corrected chi connectivity index (χ3v) is 1.91. The van der Waals surface area contributed by atoms with E-state index in [4.69, 9.17) is 5.73 Å². The summed E-state index contributed by atoms with van der Waals surface area (Å²) in [6.07, 6.45) is 2.63. The van der Waals surface area contributed by atoms with Gasteiger partial charge >= 0.3 is 5.97 Å². The summed E-state index contributed by atoms with van der Waals surface area (Å²) in [5.74, 6) is -0.990. The van der Waals surface area contributed by atoms with Gasteiger partial charge in [0, 0.05) is 11.6 Å². The summed E-state index contributed by atoms with van der Waals surface area (Å²) in [6.45, 7) is 1.75. The monoisotopic (exact) mass is 209 g/mol. The van der Waals surface area contributed by atoms with Crippen LogP contribution in [0, 0.1) is 12.7 Å². The number of hydrogen-bond donors (Lipinski definition) is 1. The molecule has 0 spiro atoms. The molecule has 0 saturated carbocycles. The fourth-order valence-corrected chi connectivity index (χ4v) is 1.14. The molecule has 80 valence electrons. The lowest BCUT2D eigenvalue weighted by Gasteiger charge is -2.03. The highest BCUT2D eigenvalue weighted by molar-refractivity contribution is 5.88. The molecule has 0 unspecified atom stereocenters. The number of anilines is 1. The van der Waals surface area contributed by atoms with Gasteiger partial charge in [0.05, 0.1) is 12.8 Å². The summed E-state index contributed by atoms with van der Waals surface area (Å²) >= 11 is 0. The van der Waals surface area contributed by atoms with E-state index in [1.807, 2.05) is 0 Å². The van der Waals surface area contributed by atoms with Gasteiger partial charge in [-0.15, -0.1) is 0 Å². The highest BCUT2D eigenvalue weighted by Crippen LogP contribution is 2.19. The number of carbonyl (C=O) groups excluding carboxylic acids is 1. The van der Waals surface area contributed by atoms with E-state index in [1.54, 1.807) is 13.0 Å². The van der Waals surface area contributed by atoms with Gasteiger partial charge in [-0.25, -0.2) is 9.18 Å². The van der Waals surface area contributed by atoms with E-state index in [0.29, 0.717) is 5.56 Å². The summed E-state index contributed by atoms with van der Waals surface area (Å²) < 4.78 is 17.6. The lowest BCUT2D eigenvalue weighted by atomic mass is 10.1. The zero-order chi connectivity index (χ0) is 11.4.